The molecule has 2 heteroatoms. The van der Waals surface area contributed by atoms with Crippen LogP contribution in [0.4, 0.5) is 0 Å². The SMILES string of the molecule is NC/C=C/c1cccc(SCC2CCCCC2)c1. The van der Waals surface area contributed by atoms with Crippen molar-refractivity contribution in [3.8, 4) is 0 Å². The van der Waals surface area contributed by atoms with Gasteiger partial charge in [0.2, 0.25) is 0 Å². The monoisotopic (exact) mass is 261 g/mol. The van der Waals surface area contributed by atoms with Gasteiger partial charge in [-0.3, -0.25) is 0 Å². The average Bonchev–Trinajstić information content (AvgIpc) is 2.44. The first-order chi connectivity index (χ1) is 8.88. The van der Waals surface area contributed by atoms with Crippen molar-refractivity contribution in [1.29, 1.82) is 0 Å². The molecule has 1 saturated carbocycles. The van der Waals surface area contributed by atoms with E-state index in [0.29, 0.717) is 6.54 Å². The molecular formula is C16H23NS. The van der Waals surface area contributed by atoms with E-state index >= 15 is 0 Å². The van der Waals surface area contributed by atoms with E-state index in [1.54, 1.807) is 0 Å². The molecule has 0 radical (unpaired) electrons. The highest BCUT2D eigenvalue weighted by atomic mass is 32.2. The zero-order chi connectivity index (χ0) is 12.6. The number of nitrogens with two attached hydrogens (primary N) is 1. The second-order valence-corrected chi connectivity index (χ2v) is 6.12. The van der Waals surface area contributed by atoms with Crippen LogP contribution in [0.1, 0.15) is 37.7 Å². The van der Waals surface area contributed by atoms with Crippen molar-refractivity contribution >= 4 is 17.8 Å². The predicted octanol–water partition coefficient (Wildman–Crippen LogP) is 4.33. The van der Waals surface area contributed by atoms with Crippen molar-refractivity contribution in [1.82, 2.24) is 0 Å². The Morgan fingerprint density at radius 1 is 1.22 bits per heavy atom. The number of hydrogen-bond acceptors (Lipinski definition) is 2. The first-order valence-corrected chi connectivity index (χ1v) is 7.96. The number of thioether (sulfide) groups is 1. The van der Waals surface area contributed by atoms with Gasteiger partial charge in [0.05, 0.1) is 0 Å². The molecule has 0 bridgehead atoms. The van der Waals surface area contributed by atoms with Crippen molar-refractivity contribution < 1.29 is 0 Å². The molecule has 2 rings (SSSR count). The maximum atomic E-state index is 5.48. The molecule has 1 aliphatic carbocycles. The molecule has 1 aliphatic rings. The van der Waals surface area contributed by atoms with Gasteiger partial charge in [-0.2, -0.15) is 0 Å². The van der Waals surface area contributed by atoms with E-state index in [1.807, 2.05) is 17.8 Å². The summed E-state index contributed by atoms with van der Waals surface area (Å²) in [5, 5.41) is 0. The third-order valence-electron chi connectivity index (χ3n) is 3.51. The van der Waals surface area contributed by atoms with Crippen molar-refractivity contribution in [2.75, 3.05) is 12.3 Å². The van der Waals surface area contributed by atoms with Gasteiger partial charge in [0, 0.05) is 17.2 Å². The lowest BCUT2D eigenvalue weighted by atomic mass is 9.91. The lowest BCUT2D eigenvalue weighted by Gasteiger charge is -2.20. The Labute approximate surface area is 115 Å². The van der Waals surface area contributed by atoms with Crippen LogP contribution in [-0.4, -0.2) is 12.3 Å². The summed E-state index contributed by atoms with van der Waals surface area (Å²) in [6.45, 7) is 0.611. The average molecular weight is 261 g/mol. The van der Waals surface area contributed by atoms with Crippen molar-refractivity contribution in [2.45, 2.75) is 37.0 Å². The molecule has 0 heterocycles. The molecule has 1 aromatic carbocycles. The Morgan fingerprint density at radius 3 is 2.83 bits per heavy atom. The van der Waals surface area contributed by atoms with Gasteiger partial charge in [-0.25, -0.2) is 0 Å². The van der Waals surface area contributed by atoms with Crippen LogP contribution in [0.25, 0.3) is 6.08 Å². The van der Waals surface area contributed by atoms with Gasteiger partial charge in [-0.15, -0.1) is 11.8 Å². The van der Waals surface area contributed by atoms with Gasteiger partial charge in [-0.1, -0.05) is 43.5 Å². The predicted molar refractivity (Wildman–Crippen MR) is 81.8 cm³/mol. The molecule has 0 saturated heterocycles. The molecule has 0 unspecified atom stereocenters. The van der Waals surface area contributed by atoms with Crippen molar-refractivity contribution in [3.05, 3.63) is 35.9 Å². The molecule has 0 spiro atoms. The Kier molecular flexibility index (Phi) is 5.82. The molecule has 0 aliphatic heterocycles. The zero-order valence-electron chi connectivity index (χ0n) is 11.0. The molecule has 0 aromatic heterocycles. The van der Waals surface area contributed by atoms with Crippen molar-refractivity contribution in [2.24, 2.45) is 11.7 Å². The van der Waals surface area contributed by atoms with Crippen LogP contribution in [0.15, 0.2) is 35.2 Å². The number of rotatable bonds is 5. The molecule has 1 aromatic rings. The van der Waals surface area contributed by atoms with Crippen molar-refractivity contribution in [3.63, 3.8) is 0 Å². The number of benzene rings is 1. The van der Waals surface area contributed by atoms with Gasteiger partial charge in [-0.05, 0) is 36.5 Å². The second kappa shape index (κ2) is 7.65. The van der Waals surface area contributed by atoms with Crippen LogP contribution in [0.5, 0.6) is 0 Å². The quantitative estimate of drug-likeness (QED) is 0.798. The summed E-state index contributed by atoms with van der Waals surface area (Å²) in [5.74, 6) is 2.22. The first-order valence-electron chi connectivity index (χ1n) is 6.98. The zero-order valence-corrected chi connectivity index (χ0v) is 11.8. The Hall–Kier alpha value is -0.730. The van der Waals surface area contributed by atoms with Crippen LogP contribution < -0.4 is 5.73 Å². The highest BCUT2D eigenvalue weighted by molar-refractivity contribution is 7.99. The summed E-state index contributed by atoms with van der Waals surface area (Å²) in [7, 11) is 0. The van der Waals surface area contributed by atoms with Crippen LogP contribution in [0.2, 0.25) is 0 Å². The Bertz CT molecular complexity index is 380. The third kappa shape index (κ3) is 4.51. The van der Waals surface area contributed by atoms with E-state index in [1.165, 1.54) is 48.3 Å². The van der Waals surface area contributed by atoms with Gasteiger partial charge >= 0.3 is 0 Å². The summed E-state index contributed by atoms with van der Waals surface area (Å²) < 4.78 is 0. The minimum atomic E-state index is 0.611. The first kappa shape index (κ1) is 13.7. The third-order valence-corrected chi connectivity index (χ3v) is 4.74. The van der Waals surface area contributed by atoms with Crippen LogP contribution >= 0.6 is 11.8 Å². The van der Waals surface area contributed by atoms with Gasteiger partial charge in [0.1, 0.15) is 0 Å². The minimum Gasteiger partial charge on any atom is -0.327 e. The van der Waals surface area contributed by atoms with Gasteiger partial charge in [0.25, 0.3) is 0 Å². The van der Waals surface area contributed by atoms with E-state index in [0.717, 1.165) is 5.92 Å². The maximum Gasteiger partial charge on any atom is 0.0110 e. The maximum absolute atomic E-state index is 5.48. The fourth-order valence-electron chi connectivity index (χ4n) is 2.48. The van der Waals surface area contributed by atoms with E-state index in [-0.39, 0.29) is 0 Å². The summed E-state index contributed by atoms with van der Waals surface area (Å²) in [4.78, 5) is 1.39. The molecule has 98 valence electrons. The number of hydrogen-bond donors (Lipinski definition) is 1. The molecule has 0 amide bonds. The Morgan fingerprint density at radius 2 is 2.06 bits per heavy atom. The van der Waals surface area contributed by atoms with Gasteiger partial charge in [0.15, 0.2) is 0 Å². The normalized spacial score (nSPS) is 17.4. The minimum absolute atomic E-state index is 0.611. The van der Waals surface area contributed by atoms with Crippen LogP contribution in [0, 0.1) is 5.92 Å². The largest absolute Gasteiger partial charge is 0.327 e. The summed E-state index contributed by atoms with van der Waals surface area (Å²) in [6.07, 6.45) is 11.3. The lowest BCUT2D eigenvalue weighted by Crippen LogP contribution is -2.08. The van der Waals surface area contributed by atoms with Gasteiger partial charge < -0.3 is 5.73 Å². The second-order valence-electron chi connectivity index (χ2n) is 5.03. The molecule has 0 atom stereocenters. The van der Waals surface area contributed by atoms with Crippen LogP contribution in [0.3, 0.4) is 0 Å². The highest BCUT2D eigenvalue weighted by Crippen LogP contribution is 2.30. The topological polar surface area (TPSA) is 26.0 Å². The lowest BCUT2D eigenvalue weighted by molar-refractivity contribution is 0.391. The molecule has 2 N–H and O–H groups in total. The summed E-state index contributed by atoms with van der Waals surface area (Å²) in [6, 6.07) is 8.75. The standard InChI is InChI=1S/C16H23NS/c17-11-5-9-14-8-4-10-16(12-14)18-13-15-6-2-1-3-7-15/h4-5,8-10,12,15H,1-3,6-7,11,13,17H2/b9-5+. The Balaban J connectivity index is 1.86. The highest BCUT2D eigenvalue weighted by Gasteiger charge is 2.13. The molecule has 18 heavy (non-hydrogen) atoms. The van der Waals surface area contributed by atoms with Crippen LogP contribution in [-0.2, 0) is 0 Å². The summed E-state index contributed by atoms with van der Waals surface area (Å²) in [5.41, 5.74) is 6.74. The summed E-state index contributed by atoms with van der Waals surface area (Å²) >= 11 is 2.01. The van der Waals surface area contributed by atoms with E-state index in [2.05, 4.69) is 30.3 Å². The fourth-order valence-corrected chi connectivity index (χ4v) is 3.64. The van der Waals surface area contributed by atoms with E-state index < -0.39 is 0 Å². The molecule has 1 fully saturated rings. The fraction of sp³-hybridized carbons (Fsp3) is 0.500. The van der Waals surface area contributed by atoms with E-state index in [4.69, 9.17) is 5.73 Å². The smallest absolute Gasteiger partial charge is 0.0110 e. The molecular weight excluding hydrogens is 238 g/mol. The van der Waals surface area contributed by atoms with E-state index in [9.17, 15) is 0 Å². The molecule has 1 nitrogen and oxygen atoms in total.